The fourth-order valence-corrected chi connectivity index (χ4v) is 4.34. The van der Waals surface area contributed by atoms with Crippen LogP contribution in [0.25, 0.3) is 6.08 Å². The molecule has 0 aliphatic carbocycles. The van der Waals surface area contributed by atoms with Gasteiger partial charge in [0.15, 0.2) is 5.78 Å². The molecule has 0 aliphatic heterocycles. The Bertz CT molecular complexity index is 1100. The Morgan fingerprint density at radius 2 is 1.84 bits per heavy atom. The predicted octanol–water partition coefficient (Wildman–Crippen LogP) is 4.60. The van der Waals surface area contributed by atoms with Crippen LogP contribution in [0.3, 0.4) is 0 Å². The molecule has 0 saturated heterocycles. The number of hydrogen-bond acceptors (Lipinski definition) is 8. The van der Waals surface area contributed by atoms with Crippen LogP contribution in [0.1, 0.15) is 49.9 Å². The fraction of sp³-hybridized carbons (Fsp3) is 0.273. The van der Waals surface area contributed by atoms with Crippen molar-refractivity contribution < 1.29 is 29.0 Å². The molecule has 0 aliphatic rings. The summed E-state index contributed by atoms with van der Waals surface area (Å²) in [4.78, 5) is 38.1. The van der Waals surface area contributed by atoms with E-state index < -0.39 is 17.7 Å². The van der Waals surface area contributed by atoms with Crippen molar-refractivity contribution in [2.75, 3.05) is 13.2 Å². The van der Waals surface area contributed by atoms with Crippen molar-refractivity contribution in [3.63, 3.8) is 0 Å². The second-order valence-electron chi connectivity index (χ2n) is 6.27. The van der Waals surface area contributed by atoms with E-state index in [-0.39, 0.29) is 41.4 Å². The molecule has 1 aromatic heterocycles. The Kier molecular flexibility index (Phi) is 8.54. The number of nitriles is 1. The van der Waals surface area contributed by atoms with Crippen molar-refractivity contribution in [2.24, 2.45) is 0 Å². The number of esters is 2. The number of nitrogens with zero attached hydrogens (tertiary/aromatic N) is 1. The highest BCUT2D eigenvalue weighted by atomic mass is 79.9. The molecule has 2 rings (SSSR count). The van der Waals surface area contributed by atoms with Gasteiger partial charge in [-0.2, -0.15) is 5.26 Å². The first kappa shape index (κ1) is 24.3. The van der Waals surface area contributed by atoms with E-state index in [9.17, 15) is 24.8 Å². The zero-order chi connectivity index (χ0) is 23.1. The molecule has 0 saturated carbocycles. The number of benzene rings is 1. The number of Topliss-reactive ketones (excluding diaryl/α,β-unsaturated/α-hetero) is 1. The van der Waals surface area contributed by atoms with Gasteiger partial charge in [0.05, 0.1) is 24.4 Å². The van der Waals surface area contributed by atoms with Crippen molar-refractivity contribution in [1.82, 2.24) is 0 Å². The molecule has 9 heteroatoms. The normalized spacial score (nSPS) is 11.0. The van der Waals surface area contributed by atoms with Gasteiger partial charge in [-0.05, 0) is 50.6 Å². The lowest BCUT2D eigenvalue weighted by Crippen LogP contribution is -2.12. The number of allylic oxidation sites excluding steroid dienone is 1. The maximum Gasteiger partial charge on any atom is 0.348 e. The third kappa shape index (κ3) is 5.81. The standard InChI is InChI=1S/C22H20BrNO6S/c1-4-29-21(27)19-12(3)20(22(28)30-5-2)31-18(19)10-17(26)14(11-24)8-13-9-15(23)6-7-16(13)25/h6-9,25H,4-5,10H2,1-3H3/b14-8+. The van der Waals surface area contributed by atoms with Gasteiger partial charge in [0.1, 0.15) is 16.7 Å². The fourth-order valence-electron chi connectivity index (χ4n) is 2.77. The van der Waals surface area contributed by atoms with Crippen molar-refractivity contribution in [3.8, 4) is 11.8 Å². The SMILES string of the molecule is CCOC(=O)c1sc(CC(=O)/C(C#N)=C/c2cc(Br)ccc2O)c(C(=O)OCC)c1C. The molecule has 31 heavy (non-hydrogen) atoms. The molecule has 2 aromatic rings. The smallest absolute Gasteiger partial charge is 0.348 e. The Morgan fingerprint density at radius 3 is 2.45 bits per heavy atom. The maximum atomic E-state index is 12.8. The summed E-state index contributed by atoms with van der Waals surface area (Å²) in [7, 11) is 0. The summed E-state index contributed by atoms with van der Waals surface area (Å²) in [5, 5.41) is 19.5. The molecule has 0 radical (unpaired) electrons. The molecule has 1 heterocycles. The quantitative estimate of drug-likeness (QED) is 0.316. The molecular weight excluding hydrogens is 486 g/mol. The average molecular weight is 506 g/mol. The van der Waals surface area contributed by atoms with Gasteiger partial charge in [0, 0.05) is 21.3 Å². The van der Waals surface area contributed by atoms with Crippen LogP contribution < -0.4 is 0 Å². The highest BCUT2D eigenvalue weighted by Crippen LogP contribution is 2.31. The van der Waals surface area contributed by atoms with Crippen molar-refractivity contribution in [2.45, 2.75) is 27.2 Å². The first-order chi connectivity index (χ1) is 14.7. The number of ether oxygens (including phenoxy) is 2. The third-order valence-corrected chi connectivity index (χ3v) is 5.96. The van der Waals surface area contributed by atoms with Crippen molar-refractivity contribution >= 4 is 51.1 Å². The van der Waals surface area contributed by atoms with E-state index >= 15 is 0 Å². The first-order valence-corrected chi connectivity index (χ1v) is 10.9. The summed E-state index contributed by atoms with van der Waals surface area (Å²) >= 11 is 4.24. The maximum absolute atomic E-state index is 12.8. The minimum Gasteiger partial charge on any atom is -0.507 e. The Labute approximate surface area is 192 Å². The molecule has 1 N–H and O–H groups in total. The molecule has 0 spiro atoms. The molecule has 0 bridgehead atoms. The van der Waals surface area contributed by atoms with Gasteiger partial charge in [0.25, 0.3) is 0 Å². The van der Waals surface area contributed by atoms with E-state index in [0.717, 1.165) is 11.3 Å². The van der Waals surface area contributed by atoms with Crippen molar-refractivity contribution in [3.05, 3.63) is 54.7 Å². The number of aromatic hydroxyl groups is 1. The Hall–Kier alpha value is -2.96. The number of phenols is 1. The van der Waals surface area contributed by atoms with Crippen LogP contribution in [-0.2, 0) is 20.7 Å². The lowest BCUT2D eigenvalue weighted by molar-refractivity contribution is -0.114. The van der Waals surface area contributed by atoms with Crippen LogP contribution >= 0.6 is 27.3 Å². The lowest BCUT2D eigenvalue weighted by Gasteiger charge is -2.05. The number of rotatable bonds is 8. The van der Waals surface area contributed by atoms with Gasteiger partial charge in [0.2, 0.25) is 0 Å². The topological polar surface area (TPSA) is 114 Å². The molecular formula is C22H20BrNO6S. The largest absolute Gasteiger partial charge is 0.507 e. The summed E-state index contributed by atoms with van der Waals surface area (Å²) in [5.41, 5.74) is 0.592. The van der Waals surface area contributed by atoms with Crippen molar-refractivity contribution in [1.29, 1.82) is 5.26 Å². The molecule has 0 unspecified atom stereocenters. The minimum absolute atomic E-state index is 0.0903. The molecule has 0 amide bonds. The van der Waals surface area contributed by atoms with Crippen LogP contribution in [0, 0.1) is 18.3 Å². The van der Waals surface area contributed by atoms with Gasteiger partial charge >= 0.3 is 11.9 Å². The summed E-state index contributed by atoms with van der Waals surface area (Å²) < 4.78 is 10.8. The number of phenolic OH excluding ortho intramolecular Hbond substituents is 1. The van der Waals surface area contributed by atoms with Gasteiger partial charge in [-0.25, -0.2) is 9.59 Å². The number of hydrogen-bond donors (Lipinski definition) is 1. The highest BCUT2D eigenvalue weighted by molar-refractivity contribution is 9.10. The van der Waals surface area contributed by atoms with Gasteiger partial charge in [-0.1, -0.05) is 15.9 Å². The number of thiophene rings is 1. The van der Waals surface area contributed by atoms with E-state index in [1.54, 1.807) is 32.9 Å². The summed E-state index contributed by atoms with van der Waals surface area (Å²) in [5.74, 6) is -1.90. The van der Waals surface area contributed by atoms with Gasteiger partial charge < -0.3 is 14.6 Å². The van der Waals surface area contributed by atoms with Crippen LogP contribution in [0.5, 0.6) is 5.75 Å². The Balaban J connectivity index is 2.46. The monoisotopic (exact) mass is 505 g/mol. The molecule has 7 nitrogen and oxygen atoms in total. The predicted molar refractivity (Wildman–Crippen MR) is 119 cm³/mol. The average Bonchev–Trinajstić information content (AvgIpc) is 3.04. The molecule has 162 valence electrons. The second kappa shape index (κ2) is 10.9. The lowest BCUT2D eigenvalue weighted by atomic mass is 10.0. The van der Waals surface area contributed by atoms with Crippen LogP contribution in [0.15, 0.2) is 28.2 Å². The number of ketones is 1. The summed E-state index contributed by atoms with van der Waals surface area (Å²) in [6, 6.07) is 6.46. The van der Waals surface area contributed by atoms with E-state index in [1.165, 1.54) is 12.1 Å². The van der Waals surface area contributed by atoms with Crippen LogP contribution in [0.2, 0.25) is 0 Å². The van der Waals surface area contributed by atoms with E-state index in [2.05, 4.69) is 15.9 Å². The summed E-state index contributed by atoms with van der Waals surface area (Å²) in [6.45, 7) is 5.19. The van der Waals surface area contributed by atoms with E-state index in [4.69, 9.17) is 9.47 Å². The highest BCUT2D eigenvalue weighted by Gasteiger charge is 2.28. The number of carbonyl (C=O) groups excluding carboxylic acids is 3. The third-order valence-electron chi connectivity index (χ3n) is 4.19. The molecule has 1 aromatic carbocycles. The van der Waals surface area contributed by atoms with Crippen LogP contribution in [-0.4, -0.2) is 36.0 Å². The van der Waals surface area contributed by atoms with Gasteiger partial charge in [-0.3, -0.25) is 4.79 Å². The summed E-state index contributed by atoms with van der Waals surface area (Å²) in [6.07, 6.45) is 0.992. The Morgan fingerprint density at radius 1 is 1.19 bits per heavy atom. The van der Waals surface area contributed by atoms with Crippen LogP contribution in [0.4, 0.5) is 0 Å². The van der Waals surface area contributed by atoms with E-state index in [0.29, 0.717) is 20.5 Å². The molecule has 0 atom stereocenters. The first-order valence-electron chi connectivity index (χ1n) is 9.33. The number of halogens is 1. The second-order valence-corrected chi connectivity index (χ2v) is 8.29. The van der Waals surface area contributed by atoms with Gasteiger partial charge in [-0.15, -0.1) is 11.3 Å². The zero-order valence-electron chi connectivity index (χ0n) is 17.2. The van der Waals surface area contributed by atoms with E-state index in [1.807, 2.05) is 6.07 Å². The zero-order valence-corrected chi connectivity index (χ0v) is 19.6. The molecule has 0 fully saturated rings. The minimum atomic E-state index is -0.651. The number of carbonyl (C=O) groups is 3.